The molecule has 21 heavy (non-hydrogen) atoms. The van der Waals surface area contributed by atoms with Crippen LogP contribution in [0, 0.1) is 0 Å². The van der Waals surface area contributed by atoms with Crippen molar-refractivity contribution in [2.24, 2.45) is 0 Å². The molecule has 0 aromatic heterocycles. The first-order valence-electron chi connectivity index (χ1n) is 7.09. The summed E-state index contributed by atoms with van der Waals surface area (Å²) in [5, 5.41) is 8.85. The molecule has 1 aliphatic rings. The van der Waals surface area contributed by atoms with Gasteiger partial charge in [0.05, 0.1) is 0 Å². The molecule has 0 spiro atoms. The highest BCUT2D eigenvalue weighted by molar-refractivity contribution is 5.93. The molecule has 0 saturated carbocycles. The van der Waals surface area contributed by atoms with Crippen molar-refractivity contribution in [1.82, 2.24) is 5.32 Å². The van der Waals surface area contributed by atoms with Crippen molar-refractivity contribution in [3.63, 3.8) is 0 Å². The molecule has 6 heteroatoms. The summed E-state index contributed by atoms with van der Waals surface area (Å²) in [5.41, 5.74) is 1.40. The number of hydrogen-bond acceptors (Lipinski definition) is 4. The van der Waals surface area contributed by atoms with Gasteiger partial charge in [0.15, 0.2) is 0 Å². The summed E-state index contributed by atoms with van der Waals surface area (Å²) in [6, 6.07) is 7.32. The van der Waals surface area contributed by atoms with Crippen molar-refractivity contribution in [1.29, 1.82) is 0 Å². The van der Waals surface area contributed by atoms with Gasteiger partial charge in [-0.05, 0) is 43.7 Å². The van der Waals surface area contributed by atoms with Crippen molar-refractivity contribution in [3.05, 3.63) is 24.3 Å². The minimum absolute atomic E-state index is 0.00516. The number of anilines is 2. The van der Waals surface area contributed by atoms with Crippen molar-refractivity contribution in [2.45, 2.75) is 25.3 Å². The summed E-state index contributed by atoms with van der Waals surface area (Å²) in [5.74, 6) is -0.202. The quantitative estimate of drug-likeness (QED) is 0.739. The molecule has 0 aliphatic carbocycles. The smallest absolute Gasteiger partial charge is 0.250 e. The molecule has 1 aliphatic heterocycles. The Balaban J connectivity index is 1.81. The number of carbonyl (C=O) groups is 2. The van der Waals surface area contributed by atoms with Gasteiger partial charge in [0.2, 0.25) is 11.8 Å². The molecule has 1 atom stereocenters. The van der Waals surface area contributed by atoms with Gasteiger partial charge in [-0.3, -0.25) is 9.59 Å². The van der Waals surface area contributed by atoms with Crippen LogP contribution >= 0.6 is 0 Å². The number of carbonyl (C=O) groups excluding carboxylic acids is 2. The molecule has 1 aromatic rings. The van der Waals surface area contributed by atoms with Crippen LogP contribution in [0.4, 0.5) is 11.4 Å². The Morgan fingerprint density at radius 2 is 1.81 bits per heavy atom. The molecule has 1 saturated heterocycles. The molecule has 3 N–H and O–H groups in total. The molecular formula is C15H21N3O3. The van der Waals surface area contributed by atoms with E-state index in [9.17, 15) is 9.59 Å². The molecule has 0 radical (unpaired) electrons. The average molecular weight is 291 g/mol. The fourth-order valence-electron chi connectivity index (χ4n) is 2.33. The first-order chi connectivity index (χ1) is 10.2. The lowest BCUT2D eigenvalue weighted by Crippen LogP contribution is -2.27. The van der Waals surface area contributed by atoms with Crippen molar-refractivity contribution in [2.75, 3.05) is 30.9 Å². The fourth-order valence-corrected chi connectivity index (χ4v) is 2.33. The molecule has 1 heterocycles. The van der Waals surface area contributed by atoms with Crippen LogP contribution in [-0.4, -0.2) is 38.1 Å². The first-order valence-corrected chi connectivity index (χ1v) is 7.09. The largest absolute Gasteiger partial charge is 0.375 e. The standard InChI is InChI=1S/C15H21N3O3/c1-21-10-15(20)18-12-6-4-11(5-7-12)17-14(19)9-13-3-2-8-16-13/h4-7,13,16H,2-3,8-10H2,1H3,(H,17,19)(H,18,20). The Labute approximate surface area is 124 Å². The van der Waals surface area contributed by atoms with Gasteiger partial charge in [0.25, 0.3) is 0 Å². The Morgan fingerprint density at radius 1 is 1.19 bits per heavy atom. The summed E-state index contributed by atoms with van der Waals surface area (Å²) < 4.78 is 4.74. The van der Waals surface area contributed by atoms with E-state index in [-0.39, 0.29) is 24.5 Å². The molecule has 1 aromatic carbocycles. The highest BCUT2D eigenvalue weighted by Crippen LogP contribution is 2.15. The van der Waals surface area contributed by atoms with E-state index in [1.807, 2.05) is 0 Å². The van der Waals surface area contributed by atoms with Crippen LogP contribution in [0.2, 0.25) is 0 Å². The van der Waals surface area contributed by atoms with E-state index in [1.54, 1.807) is 24.3 Å². The van der Waals surface area contributed by atoms with Crippen molar-refractivity contribution in [3.8, 4) is 0 Å². The normalized spacial score (nSPS) is 17.5. The Bertz CT molecular complexity index is 481. The van der Waals surface area contributed by atoms with Gasteiger partial charge < -0.3 is 20.7 Å². The average Bonchev–Trinajstić information content (AvgIpc) is 2.94. The predicted octanol–water partition coefficient (Wildman–Crippen LogP) is 1.35. The van der Waals surface area contributed by atoms with Gasteiger partial charge in [-0.15, -0.1) is 0 Å². The maximum absolute atomic E-state index is 11.9. The summed E-state index contributed by atoms with van der Waals surface area (Å²) in [6.45, 7) is 1.01. The lowest BCUT2D eigenvalue weighted by molar-refractivity contribution is -0.119. The Kier molecular flexibility index (Phi) is 5.71. The SMILES string of the molecule is COCC(=O)Nc1ccc(NC(=O)CC2CCCN2)cc1. The zero-order valence-electron chi connectivity index (χ0n) is 12.1. The Hall–Kier alpha value is -1.92. The minimum atomic E-state index is -0.207. The summed E-state index contributed by atoms with van der Waals surface area (Å²) in [4.78, 5) is 23.2. The van der Waals surface area contributed by atoms with Gasteiger partial charge in [0, 0.05) is 30.9 Å². The number of methoxy groups -OCH3 is 1. The molecular weight excluding hydrogens is 270 g/mol. The molecule has 0 bridgehead atoms. The van der Waals surface area contributed by atoms with E-state index >= 15 is 0 Å². The van der Waals surface area contributed by atoms with E-state index in [0.717, 1.165) is 25.1 Å². The maximum Gasteiger partial charge on any atom is 0.250 e. The lowest BCUT2D eigenvalue weighted by Gasteiger charge is -2.11. The van der Waals surface area contributed by atoms with Crippen LogP contribution in [0.15, 0.2) is 24.3 Å². The van der Waals surface area contributed by atoms with Gasteiger partial charge in [-0.1, -0.05) is 0 Å². The summed E-state index contributed by atoms with van der Waals surface area (Å²) in [6.07, 6.45) is 2.68. The highest BCUT2D eigenvalue weighted by atomic mass is 16.5. The number of benzene rings is 1. The number of ether oxygens (including phenoxy) is 1. The highest BCUT2D eigenvalue weighted by Gasteiger charge is 2.17. The maximum atomic E-state index is 11.9. The third-order valence-corrected chi connectivity index (χ3v) is 3.32. The van der Waals surface area contributed by atoms with Crippen molar-refractivity contribution < 1.29 is 14.3 Å². The fraction of sp³-hybridized carbons (Fsp3) is 0.467. The van der Waals surface area contributed by atoms with Crippen LogP contribution in [0.5, 0.6) is 0 Å². The van der Waals surface area contributed by atoms with Crippen LogP contribution < -0.4 is 16.0 Å². The van der Waals surface area contributed by atoms with Gasteiger partial charge in [0.1, 0.15) is 6.61 Å². The summed E-state index contributed by atoms with van der Waals surface area (Å²) in [7, 11) is 1.47. The lowest BCUT2D eigenvalue weighted by atomic mass is 10.1. The number of hydrogen-bond donors (Lipinski definition) is 3. The van der Waals surface area contributed by atoms with Crippen molar-refractivity contribution >= 4 is 23.2 Å². The van der Waals surface area contributed by atoms with E-state index in [4.69, 9.17) is 4.74 Å². The third kappa shape index (κ3) is 5.17. The van der Waals surface area contributed by atoms with Crippen LogP contribution in [0.3, 0.4) is 0 Å². The number of amides is 2. The second-order valence-corrected chi connectivity index (χ2v) is 5.10. The van der Waals surface area contributed by atoms with Gasteiger partial charge in [-0.25, -0.2) is 0 Å². The van der Waals surface area contributed by atoms with E-state index in [2.05, 4.69) is 16.0 Å². The van der Waals surface area contributed by atoms with Crippen LogP contribution in [-0.2, 0) is 14.3 Å². The van der Waals surface area contributed by atoms with E-state index < -0.39 is 0 Å². The van der Waals surface area contributed by atoms with Gasteiger partial charge >= 0.3 is 0 Å². The second kappa shape index (κ2) is 7.75. The molecule has 2 amide bonds. The molecule has 1 unspecified atom stereocenters. The zero-order chi connectivity index (χ0) is 15.1. The molecule has 114 valence electrons. The van der Waals surface area contributed by atoms with Gasteiger partial charge in [-0.2, -0.15) is 0 Å². The minimum Gasteiger partial charge on any atom is -0.375 e. The zero-order valence-corrected chi connectivity index (χ0v) is 12.1. The molecule has 2 rings (SSSR count). The predicted molar refractivity (Wildman–Crippen MR) is 81.2 cm³/mol. The topological polar surface area (TPSA) is 79.5 Å². The van der Waals surface area contributed by atoms with E-state index in [0.29, 0.717) is 12.1 Å². The molecule has 1 fully saturated rings. The third-order valence-electron chi connectivity index (χ3n) is 3.32. The second-order valence-electron chi connectivity index (χ2n) is 5.10. The summed E-state index contributed by atoms with van der Waals surface area (Å²) >= 11 is 0. The van der Waals surface area contributed by atoms with Crippen LogP contribution in [0.1, 0.15) is 19.3 Å². The van der Waals surface area contributed by atoms with E-state index in [1.165, 1.54) is 7.11 Å². The monoisotopic (exact) mass is 291 g/mol. The number of nitrogens with one attached hydrogen (secondary N) is 3. The van der Waals surface area contributed by atoms with Crippen LogP contribution in [0.25, 0.3) is 0 Å². The first kappa shape index (κ1) is 15.5. The number of rotatable bonds is 6. The Morgan fingerprint density at radius 3 is 2.33 bits per heavy atom. The molecule has 6 nitrogen and oxygen atoms in total.